The van der Waals surface area contributed by atoms with Crippen molar-refractivity contribution in [1.29, 1.82) is 0 Å². The van der Waals surface area contributed by atoms with Gasteiger partial charge < -0.3 is 5.32 Å². The molecular formula is C16H12ClNOS2. The van der Waals surface area contributed by atoms with Gasteiger partial charge in [-0.15, -0.1) is 34.3 Å². The van der Waals surface area contributed by atoms with Crippen molar-refractivity contribution in [3.8, 4) is 0 Å². The fourth-order valence-corrected chi connectivity index (χ4v) is 5.18. The predicted molar refractivity (Wildman–Crippen MR) is 89.7 cm³/mol. The maximum atomic E-state index is 12.5. The monoisotopic (exact) mass is 333 g/mol. The normalized spacial score (nSPS) is 20.6. The van der Waals surface area contributed by atoms with E-state index in [2.05, 4.69) is 23.5 Å². The van der Waals surface area contributed by atoms with Crippen LogP contribution in [0.1, 0.15) is 26.8 Å². The minimum absolute atomic E-state index is 0.0317. The number of rotatable bonds is 2. The third-order valence-electron chi connectivity index (χ3n) is 3.82. The Balaban J connectivity index is 1.61. The molecule has 0 aliphatic heterocycles. The van der Waals surface area contributed by atoms with Crippen LogP contribution in [0.2, 0.25) is 0 Å². The van der Waals surface area contributed by atoms with Gasteiger partial charge in [-0.1, -0.05) is 24.3 Å². The molecule has 1 aliphatic carbocycles. The van der Waals surface area contributed by atoms with Crippen LogP contribution in [-0.2, 0) is 6.42 Å². The number of hydrogen-bond donors (Lipinski definition) is 1. The van der Waals surface area contributed by atoms with Crippen LogP contribution in [0.15, 0.2) is 41.8 Å². The summed E-state index contributed by atoms with van der Waals surface area (Å²) in [5.74, 6) is -0.0317. The van der Waals surface area contributed by atoms with Crippen LogP contribution < -0.4 is 5.32 Å². The molecular weight excluding hydrogens is 322 g/mol. The summed E-state index contributed by atoms with van der Waals surface area (Å²) in [7, 11) is 0. The van der Waals surface area contributed by atoms with E-state index in [-0.39, 0.29) is 17.3 Å². The minimum atomic E-state index is -0.101. The summed E-state index contributed by atoms with van der Waals surface area (Å²) in [6, 6.07) is 12.1. The maximum absolute atomic E-state index is 12.5. The SMILES string of the molecule is O=C(NC1c2ccccc2CC1Cl)c1cc2sccc2s1. The van der Waals surface area contributed by atoms with Gasteiger partial charge in [-0.3, -0.25) is 4.79 Å². The summed E-state index contributed by atoms with van der Waals surface area (Å²) in [4.78, 5) is 13.2. The Bertz CT molecular complexity index is 794. The molecule has 2 aromatic heterocycles. The molecule has 2 heterocycles. The fourth-order valence-electron chi connectivity index (χ4n) is 2.80. The lowest BCUT2D eigenvalue weighted by Gasteiger charge is -2.16. The first-order valence-electron chi connectivity index (χ1n) is 6.72. The number of carbonyl (C=O) groups is 1. The molecule has 0 spiro atoms. The zero-order chi connectivity index (χ0) is 14.4. The van der Waals surface area contributed by atoms with Crippen molar-refractivity contribution in [3.63, 3.8) is 0 Å². The van der Waals surface area contributed by atoms with Crippen molar-refractivity contribution in [2.75, 3.05) is 0 Å². The Morgan fingerprint density at radius 1 is 1.24 bits per heavy atom. The number of benzene rings is 1. The molecule has 2 nitrogen and oxygen atoms in total. The topological polar surface area (TPSA) is 29.1 Å². The number of nitrogens with one attached hydrogen (secondary N) is 1. The van der Waals surface area contributed by atoms with Gasteiger partial charge in [0.15, 0.2) is 0 Å². The molecule has 0 saturated heterocycles. The Hall–Kier alpha value is -1.36. The number of thiophene rings is 2. The van der Waals surface area contributed by atoms with Crippen molar-refractivity contribution < 1.29 is 4.79 Å². The number of carbonyl (C=O) groups excluding carboxylic acids is 1. The summed E-state index contributed by atoms with van der Waals surface area (Å²) in [6.45, 7) is 0. The van der Waals surface area contributed by atoms with E-state index in [1.165, 1.54) is 26.3 Å². The van der Waals surface area contributed by atoms with Gasteiger partial charge in [-0.05, 0) is 35.1 Å². The summed E-state index contributed by atoms with van der Waals surface area (Å²) < 4.78 is 2.33. The van der Waals surface area contributed by atoms with Gasteiger partial charge in [0.1, 0.15) is 0 Å². The molecule has 1 amide bonds. The van der Waals surface area contributed by atoms with Crippen LogP contribution in [0, 0.1) is 0 Å². The molecule has 0 saturated carbocycles. The molecule has 0 bridgehead atoms. The first-order chi connectivity index (χ1) is 10.2. The molecule has 2 atom stereocenters. The van der Waals surface area contributed by atoms with E-state index in [4.69, 9.17) is 11.6 Å². The highest BCUT2D eigenvalue weighted by molar-refractivity contribution is 7.27. The van der Waals surface area contributed by atoms with E-state index in [9.17, 15) is 4.79 Å². The summed E-state index contributed by atoms with van der Waals surface area (Å²) in [6.07, 6.45) is 0.808. The van der Waals surface area contributed by atoms with Gasteiger partial charge in [0.25, 0.3) is 5.91 Å². The number of hydrogen-bond acceptors (Lipinski definition) is 3. The molecule has 106 valence electrons. The smallest absolute Gasteiger partial charge is 0.261 e. The third kappa shape index (κ3) is 2.27. The summed E-state index contributed by atoms with van der Waals surface area (Å²) >= 11 is 9.62. The third-order valence-corrected chi connectivity index (χ3v) is 6.31. The van der Waals surface area contributed by atoms with Crippen molar-refractivity contribution in [1.82, 2.24) is 5.32 Å². The second-order valence-electron chi connectivity index (χ2n) is 5.13. The van der Waals surface area contributed by atoms with Crippen LogP contribution in [0.5, 0.6) is 0 Å². The molecule has 1 N–H and O–H groups in total. The molecule has 3 aromatic rings. The summed E-state index contributed by atoms with van der Waals surface area (Å²) in [5.41, 5.74) is 2.37. The number of alkyl halides is 1. The molecule has 4 rings (SSSR count). The van der Waals surface area contributed by atoms with Crippen molar-refractivity contribution in [3.05, 3.63) is 57.8 Å². The van der Waals surface area contributed by atoms with E-state index in [1.54, 1.807) is 11.3 Å². The Kier molecular flexibility index (Phi) is 3.25. The first kappa shape index (κ1) is 13.3. The highest BCUT2D eigenvalue weighted by atomic mass is 35.5. The van der Waals surface area contributed by atoms with Crippen LogP contribution in [0.3, 0.4) is 0 Å². The lowest BCUT2D eigenvalue weighted by molar-refractivity contribution is 0.0941. The van der Waals surface area contributed by atoms with Crippen LogP contribution in [-0.4, -0.2) is 11.3 Å². The Morgan fingerprint density at radius 2 is 2.10 bits per heavy atom. The predicted octanol–water partition coefficient (Wildman–Crippen LogP) is 4.60. The lowest BCUT2D eigenvalue weighted by atomic mass is 10.1. The van der Waals surface area contributed by atoms with E-state index in [1.807, 2.05) is 23.6 Å². The number of fused-ring (bicyclic) bond motifs is 2. The Morgan fingerprint density at radius 3 is 2.95 bits per heavy atom. The second-order valence-corrected chi connectivity index (χ2v) is 7.72. The second kappa shape index (κ2) is 5.13. The molecule has 0 fully saturated rings. The van der Waals surface area contributed by atoms with Gasteiger partial charge >= 0.3 is 0 Å². The highest BCUT2D eigenvalue weighted by Crippen LogP contribution is 2.36. The zero-order valence-corrected chi connectivity index (χ0v) is 13.4. The molecule has 0 radical (unpaired) electrons. The average molecular weight is 334 g/mol. The van der Waals surface area contributed by atoms with Gasteiger partial charge in [-0.25, -0.2) is 0 Å². The average Bonchev–Trinajstić information content (AvgIpc) is 3.12. The van der Waals surface area contributed by atoms with Crippen molar-refractivity contribution >= 4 is 49.6 Å². The van der Waals surface area contributed by atoms with Gasteiger partial charge in [-0.2, -0.15) is 0 Å². The van der Waals surface area contributed by atoms with Gasteiger partial charge in [0, 0.05) is 9.40 Å². The van der Waals surface area contributed by atoms with E-state index in [0.29, 0.717) is 0 Å². The quantitative estimate of drug-likeness (QED) is 0.682. The van der Waals surface area contributed by atoms with Crippen molar-refractivity contribution in [2.24, 2.45) is 0 Å². The van der Waals surface area contributed by atoms with E-state index >= 15 is 0 Å². The largest absolute Gasteiger partial charge is 0.343 e. The van der Waals surface area contributed by atoms with Crippen LogP contribution >= 0.6 is 34.3 Å². The molecule has 1 aliphatic rings. The molecule has 1 aromatic carbocycles. The molecule has 2 unspecified atom stereocenters. The van der Waals surface area contributed by atoms with E-state index in [0.717, 1.165) is 16.9 Å². The van der Waals surface area contributed by atoms with Gasteiger partial charge in [0.2, 0.25) is 0 Å². The molecule has 21 heavy (non-hydrogen) atoms. The molecule has 5 heteroatoms. The fraction of sp³-hybridized carbons (Fsp3) is 0.188. The van der Waals surface area contributed by atoms with E-state index < -0.39 is 0 Å². The standard InChI is InChI=1S/C16H12ClNOS2/c17-11-7-9-3-1-2-4-10(9)15(11)18-16(19)14-8-13-12(21-14)5-6-20-13/h1-6,8,11,15H,7H2,(H,18,19). The highest BCUT2D eigenvalue weighted by Gasteiger charge is 2.32. The maximum Gasteiger partial charge on any atom is 0.261 e. The first-order valence-corrected chi connectivity index (χ1v) is 8.85. The zero-order valence-electron chi connectivity index (χ0n) is 11.0. The van der Waals surface area contributed by atoms with Crippen LogP contribution in [0.25, 0.3) is 9.40 Å². The Labute approximate surface area is 135 Å². The minimum Gasteiger partial charge on any atom is -0.343 e. The number of amides is 1. The number of halogens is 1. The lowest BCUT2D eigenvalue weighted by Crippen LogP contribution is -2.31. The summed E-state index contributed by atoms with van der Waals surface area (Å²) in [5, 5.41) is 5.07. The van der Waals surface area contributed by atoms with Crippen LogP contribution in [0.4, 0.5) is 0 Å². The van der Waals surface area contributed by atoms with Gasteiger partial charge in [0.05, 0.1) is 16.3 Å². The van der Waals surface area contributed by atoms with Crippen molar-refractivity contribution in [2.45, 2.75) is 17.8 Å².